The quantitative estimate of drug-likeness (QED) is 0.632. The predicted octanol–water partition coefficient (Wildman–Crippen LogP) is 0.809. The van der Waals surface area contributed by atoms with Gasteiger partial charge in [-0.15, -0.1) is 0 Å². The highest BCUT2D eigenvalue weighted by atomic mass is 16.5. The van der Waals surface area contributed by atoms with Gasteiger partial charge in [0.1, 0.15) is 0 Å². The number of nitrogens with zero attached hydrogens (tertiary/aromatic N) is 2. The molecule has 1 heterocycles. The van der Waals surface area contributed by atoms with Crippen LogP contribution in [0.5, 0.6) is 0 Å². The lowest BCUT2D eigenvalue weighted by molar-refractivity contribution is -0.139. The van der Waals surface area contributed by atoms with E-state index in [2.05, 4.69) is 14.9 Å². The lowest BCUT2D eigenvalue weighted by Crippen LogP contribution is -2.07. The minimum absolute atomic E-state index is 0.254. The van der Waals surface area contributed by atoms with Crippen molar-refractivity contribution in [2.24, 2.45) is 0 Å². The third-order valence-corrected chi connectivity index (χ3v) is 1.77. The molecule has 0 unspecified atom stereocenters. The summed E-state index contributed by atoms with van der Waals surface area (Å²) < 4.78 is 4.56. The van der Waals surface area contributed by atoms with Crippen LogP contribution in [0, 0.1) is 13.8 Å². The van der Waals surface area contributed by atoms with Gasteiger partial charge in [0.25, 0.3) is 0 Å². The number of ether oxygens (including phenoxy) is 1. The SMILES string of the molecule is COC(=O)Cc1cc(C)nnc1C. The summed E-state index contributed by atoms with van der Waals surface area (Å²) in [4.78, 5) is 11.0. The van der Waals surface area contributed by atoms with Crippen LogP contribution in [0.2, 0.25) is 0 Å². The molecule has 0 aliphatic carbocycles. The van der Waals surface area contributed by atoms with E-state index in [1.165, 1.54) is 7.11 Å². The molecule has 0 saturated heterocycles. The molecule has 4 heteroatoms. The molecule has 0 aliphatic heterocycles. The van der Waals surface area contributed by atoms with Crippen LogP contribution in [-0.2, 0) is 16.0 Å². The summed E-state index contributed by atoms with van der Waals surface area (Å²) >= 11 is 0. The molecule has 0 N–H and O–H groups in total. The second-order valence-electron chi connectivity index (χ2n) is 2.85. The van der Waals surface area contributed by atoms with Crippen LogP contribution in [0.15, 0.2) is 6.07 Å². The van der Waals surface area contributed by atoms with Crippen LogP contribution in [0.25, 0.3) is 0 Å². The van der Waals surface area contributed by atoms with Crippen molar-refractivity contribution < 1.29 is 9.53 Å². The molecule has 13 heavy (non-hydrogen) atoms. The van der Waals surface area contributed by atoms with Gasteiger partial charge in [-0.25, -0.2) is 0 Å². The molecular weight excluding hydrogens is 168 g/mol. The molecule has 0 amide bonds. The Balaban J connectivity index is 2.87. The Labute approximate surface area is 76.9 Å². The summed E-state index contributed by atoms with van der Waals surface area (Å²) in [6.45, 7) is 3.66. The molecule has 1 rings (SSSR count). The fourth-order valence-corrected chi connectivity index (χ4v) is 1.01. The number of methoxy groups -OCH3 is 1. The van der Waals surface area contributed by atoms with Gasteiger partial charge in [-0.1, -0.05) is 0 Å². The number of hydrogen-bond acceptors (Lipinski definition) is 4. The van der Waals surface area contributed by atoms with Crippen molar-refractivity contribution in [2.45, 2.75) is 20.3 Å². The lowest BCUT2D eigenvalue weighted by atomic mass is 10.1. The fourth-order valence-electron chi connectivity index (χ4n) is 1.01. The van der Waals surface area contributed by atoms with Crippen molar-refractivity contribution in [1.29, 1.82) is 0 Å². The zero-order chi connectivity index (χ0) is 9.84. The highest BCUT2D eigenvalue weighted by Crippen LogP contribution is 2.06. The second-order valence-corrected chi connectivity index (χ2v) is 2.85. The second kappa shape index (κ2) is 3.98. The van der Waals surface area contributed by atoms with E-state index in [0.29, 0.717) is 0 Å². The summed E-state index contributed by atoms with van der Waals surface area (Å²) in [7, 11) is 1.37. The van der Waals surface area contributed by atoms with Crippen LogP contribution >= 0.6 is 0 Å². The van der Waals surface area contributed by atoms with Gasteiger partial charge in [0, 0.05) is 0 Å². The highest BCUT2D eigenvalue weighted by molar-refractivity contribution is 5.72. The van der Waals surface area contributed by atoms with Crippen molar-refractivity contribution in [2.75, 3.05) is 7.11 Å². The molecule has 70 valence electrons. The van der Waals surface area contributed by atoms with Gasteiger partial charge in [0.05, 0.1) is 24.9 Å². The van der Waals surface area contributed by atoms with E-state index in [1.807, 2.05) is 19.9 Å². The molecule has 0 bridgehead atoms. The van der Waals surface area contributed by atoms with E-state index in [4.69, 9.17) is 0 Å². The maximum absolute atomic E-state index is 11.0. The molecule has 0 radical (unpaired) electrons. The molecule has 0 aromatic carbocycles. The maximum Gasteiger partial charge on any atom is 0.310 e. The Hall–Kier alpha value is -1.45. The number of carbonyl (C=O) groups excluding carboxylic acids is 1. The minimum atomic E-state index is -0.254. The predicted molar refractivity (Wildman–Crippen MR) is 47.2 cm³/mol. The molecular formula is C9H12N2O2. The van der Waals surface area contributed by atoms with Crippen LogP contribution in [-0.4, -0.2) is 23.3 Å². The Kier molecular flexibility index (Phi) is 2.95. The first kappa shape index (κ1) is 9.64. The average molecular weight is 180 g/mol. The zero-order valence-corrected chi connectivity index (χ0v) is 8.00. The van der Waals surface area contributed by atoms with Crippen molar-refractivity contribution in [3.05, 3.63) is 23.0 Å². The van der Waals surface area contributed by atoms with Gasteiger partial charge >= 0.3 is 5.97 Å². The highest BCUT2D eigenvalue weighted by Gasteiger charge is 2.07. The average Bonchev–Trinajstić information content (AvgIpc) is 2.11. The monoisotopic (exact) mass is 180 g/mol. The Morgan fingerprint density at radius 2 is 2.15 bits per heavy atom. The van der Waals surface area contributed by atoms with E-state index < -0.39 is 0 Å². The van der Waals surface area contributed by atoms with Gasteiger partial charge in [-0.3, -0.25) is 4.79 Å². The smallest absolute Gasteiger partial charge is 0.310 e. The van der Waals surface area contributed by atoms with Gasteiger partial charge in [0.15, 0.2) is 0 Å². The molecule has 0 atom stereocenters. The molecule has 0 fully saturated rings. The van der Waals surface area contributed by atoms with E-state index >= 15 is 0 Å². The van der Waals surface area contributed by atoms with Gasteiger partial charge in [-0.2, -0.15) is 10.2 Å². The first-order chi connectivity index (χ1) is 6.13. The Morgan fingerprint density at radius 1 is 1.46 bits per heavy atom. The van der Waals surface area contributed by atoms with Gasteiger partial charge < -0.3 is 4.74 Å². The normalized spacial score (nSPS) is 9.77. The third-order valence-electron chi connectivity index (χ3n) is 1.77. The van der Waals surface area contributed by atoms with Crippen molar-refractivity contribution in [1.82, 2.24) is 10.2 Å². The van der Waals surface area contributed by atoms with Gasteiger partial charge in [-0.05, 0) is 25.5 Å². The number of rotatable bonds is 2. The summed E-state index contributed by atoms with van der Waals surface area (Å²) in [6, 6.07) is 1.85. The molecule has 0 spiro atoms. The third kappa shape index (κ3) is 2.50. The van der Waals surface area contributed by atoms with Crippen LogP contribution in [0.3, 0.4) is 0 Å². The lowest BCUT2D eigenvalue weighted by Gasteiger charge is -2.03. The molecule has 1 aromatic heterocycles. The summed E-state index contributed by atoms with van der Waals surface area (Å²) in [6.07, 6.45) is 0.263. The summed E-state index contributed by atoms with van der Waals surface area (Å²) in [5, 5.41) is 7.78. The van der Waals surface area contributed by atoms with Gasteiger partial charge in [0.2, 0.25) is 0 Å². The van der Waals surface area contributed by atoms with E-state index in [-0.39, 0.29) is 12.4 Å². The van der Waals surface area contributed by atoms with E-state index in [0.717, 1.165) is 17.0 Å². The molecule has 4 nitrogen and oxygen atoms in total. The molecule has 0 saturated carbocycles. The standard InChI is InChI=1S/C9H12N2O2/c1-6-4-8(5-9(12)13-3)7(2)11-10-6/h4H,5H2,1-3H3. The van der Waals surface area contributed by atoms with E-state index in [1.54, 1.807) is 0 Å². The maximum atomic E-state index is 11.0. The minimum Gasteiger partial charge on any atom is -0.469 e. The summed E-state index contributed by atoms with van der Waals surface area (Å²) in [5.74, 6) is -0.254. The first-order valence-electron chi connectivity index (χ1n) is 4.00. The first-order valence-corrected chi connectivity index (χ1v) is 4.00. The van der Waals surface area contributed by atoms with Crippen molar-refractivity contribution >= 4 is 5.97 Å². The van der Waals surface area contributed by atoms with Crippen LogP contribution in [0.1, 0.15) is 17.0 Å². The fraction of sp³-hybridized carbons (Fsp3) is 0.444. The number of hydrogen-bond donors (Lipinski definition) is 0. The van der Waals surface area contributed by atoms with E-state index in [9.17, 15) is 4.79 Å². The van der Waals surface area contributed by atoms with Crippen molar-refractivity contribution in [3.63, 3.8) is 0 Å². The Morgan fingerprint density at radius 3 is 2.77 bits per heavy atom. The zero-order valence-electron chi connectivity index (χ0n) is 8.00. The summed E-state index contributed by atoms with van der Waals surface area (Å²) in [5.41, 5.74) is 2.46. The number of aromatic nitrogens is 2. The largest absolute Gasteiger partial charge is 0.469 e. The number of esters is 1. The van der Waals surface area contributed by atoms with Crippen LogP contribution < -0.4 is 0 Å². The topological polar surface area (TPSA) is 52.1 Å². The van der Waals surface area contributed by atoms with Crippen molar-refractivity contribution in [3.8, 4) is 0 Å². The number of aryl methyl sites for hydroxylation is 2. The number of carbonyl (C=O) groups is 1. The Bertz CT molecular complexity index is 323. The van der Waals surface area contributed by atoms with Crippen LogP contribution in [0.4, 0.5) is 0 Å². The molecule has 1 aromatic rings. The molecule has 0 aliphatic rings.